The fourth-order valence-corrected chi connectivity index (χ4v) is 4.55. The van der Waals surface area contributed by atoms with Crippen LogP contribution < -0.4 is 5.32 Å². The van der Waals surface area contributed by atoms with E-state index in [1.165, 1.54) is 12.8 Å². The molecule has 0 aliphatic heterocycles. The molecule has 5 rings (SSSR count). The molecule has 7 heteroatoms. The molecule has 0 radical (unpaired) electrons. The summed E-state index contributed by atoms with van der Waals surface area (Å²) < 4.78 is 2.17. The Bertz CT molecular complexity index is 1220. The SMILES string of the molecule is CCC(CC)n1cnnc1C1C=C(NC(=O)c2cc(-c3ccc(C4CC4)nc3)ccn2)C=CC1. The molecule has 34 heavy (non-hydrogen) atoms. The molecule has 1 amide bonds. The number of rotatable bonds is 8. The van der Waals surface area contributed by atoms with Crippen LogP contribution in [0.4, 0.5) is 0 Å². The third kappa shape index (κ3) is 4.69. The second-order valence-electron chi connectivity index (χ2n) is 9.06. The highest BCUT2D eigenvalue weighted by molar-refractivity contribution is 5.94. The van der Waals surface area contributed by atoms with Gasteiger partial charge in [-0.2, -0.15) is 0 Å². The first-order chi connectivity index (χ1) is 16.7. The zero-order valence-corrected chi connectivity index (χ0v) is 19.7. The van der Waals surface area contributed by atoms with Gasteiger partial charge in [0.25, 0.3) is 5.91 Å². The first kappa shape index (κ1) is 22.2. The van der Waals surface area contributed by atoms with Crippen LogP contribution in [-0.2, 0) is 0 Å². The third-order valence-corrected chi connectivity index (χ3v) is 6.70. The standard InChI is InChI=1S/C27H30N6O/c1-3-23(4-2)33-17-30-32-26(33)20-6-5-7-22(14-20)31-27(34)25-15-19(12-13-28-25)21-10-11-24(29-16-21)18-8-9-18/h5,7,10-18,20,23H,3-4,6,8-9H2,1-2H3,(H,31,34). The molecular weight excluding hydrogens is 424 g/mol. The van der Waals surface area contributed by atoms with Gasteiger partial charge in [0.15, 0.2) is 0 Å². The lowest BCUT2D eigenvalue weighted by molar-refractivity contribution is 0.0962. The van der Waals surface area contributed by atoms with Crippen LogP contribution in [0, 0.1) is 0 Å². The third-order valence-electron chi connectivity index (χ3n) is 6.70. The zero-order chi connectivity index (χ0) is 23.5. The second kappa shape index (κ2) is 9.71. The Morgan fingerprint density at radius 3 is 2.74 bits per heavy atom. The van der Waals surface area contributed by atoms with Crippen molar-refractivity contribution in [1.29, 1.82) is 0 Å². The highest BCUT2D eigenvalue weighted by atomic mass is 16.1. The number of pyridine rings is 2. The number of hydrogen-bond acceptors (Lipinski definition) is 5. The minimum Gasteiger partial charge on any atom is -0.321 e. The van der Waals surface area contributed by atoms with Gasteiger partial charge < -0.3 is 9.88 Å². The van der Waals surface area contributed by atoms with Gasteiger partial charge in [-0.05, 0) is 68.0 Å². The summed E-state index contributed by atoms with van der Waals surface area (Å²) in [5.41, 5.74) is 4.20. The van der Waals surface area contributed by atoms with Gasteiger partial charge >= 0.3 is 0 Å². The molecular formula is C27H30N6O. The molecule has 0 saturated heterocycles. The average Bonchev–Trinajstić information content (AvgIpc) is 3.62. The fourth-order valence-electron chi connectivity index (χ4n) is 4.55. The monoisotopic (exact) mass is 454 g/mol. The van der Waals surface area contributed by atoms with Gasteiger partial charge in [0.1, 0.15) is 17.8 Å². The van der Waals surface area contributed by atoms with Gasteiger partial charge in [-0.15, -0.1) is 10.2 Å². The van der Waals surface area contributed by atoms with Crippen LogP contribution in [0.1, 0.15) is 85.8 Å². The van der Waals surface area contributed by atoms with E-state index in [4.69, 9.17) is 0 Å². The highest BCUT2D eigenvalue weighted by Gasteiger charge is 2.25. The average molecular weight is 455 g/mol. The number of allylic oxidation sites excluding steroid dienone is 3. The number of amides is 1. The molecule has 0 spiro atoms. The van der Waals surface area contributed by atoms with Gasteiger partial charge in [-0.1, -0.05) is 26.0 Å². The van der Waals surface area contributed by atoms with Gasteiger partial charge in [-0.25, -0.2) is 0 Å². The molecule has 2 aliphatic rings. The lowest BCUT2D eigenvalue weighted by Gasteiger charge is -2.21. The predicted octanol–water partition coefficient (Wildman–Crippen LogP) is 5.33. The Balaban J connectivity index is 1.31. The van der Waals surface area contributed by atoms with Gasteiger partial charge in [0.05, 0.1) is 0 Å². The molecule has 1 N–H and O–H groups in total. The minimum atomic E-state index is -0.234. The van der Waals surface area contributed by atoms with Gasteiger partial charge in [0.2, 0.25) is 0 Å². The van der Waals surface area contributed by atoms with Crippen LogP contribution in [0.25, 0.3) is 11.1 Å². The first-order valence-corrected chi connectivity index (χ1v) is 12.2. The molecule has 3 aromatic heterocycles. The number of carbonyl (C=O) groups excluding carboxylic acids is 1. The van der Waals surface area contributed by atoms with E-state index in [1.807, 2.05) is 30.7 Å². The van der Waals surface area contributed by atoms with Crippen molar-refractivity contribution >= 4 is 5.91 Å². The molecule has 3 heterocycles. The molecule has 1 fully saturated rings. The van der Waals surface area contributed by atoms with E-state index in [-0.39, 0.29) is 11.8 Å². The normalized spacial score (nSPS) is 17.6. The van der Waals surface area contributed by atoms with Crippen molar-refractivity contribution in [1.82, 2.24) is 30.0 Å². The summed E-state index contributed by atoms with van der Waals surface area (Å²) in [5, 5.41) is 11.6. The van der Waals surface area contributed by atoms with Crippen molar-refractivity contribution < 1.29 is 4.79 Å². The first-order valence-electron chi connectivity index (χ1n) is 12.2. The topological polar surface area (TPSA) is 85.6 Å². The van der Waals surface area contributed by atoms with E-state index in [9.17, 15) is 4.79 Å². The minimum absolute atomic E-state index is 0.0683. The van der Waals surface area contributed by atoms with Crippen LogP contribution in [0.15, 0.2) is 66.9 Å². The maximum absolute atomic E-state index is 13.0. The Hall–Kier alpha value is -3.61. The summed E-state index contributed by atoms with van der Waals surface area (Å²) >= 11 is 0. The van der Waals surface area contributed by atoms with Crippen LogP contribution >= 0.6 is 0 Å². The molecule has 1 saturated carbocycles. The van der Waals surface area contributed by atoms with Crippen LogP contribution in [0.5, 0.6) is 0 Å². The van der Waals surface area contributed by atoms with E-state index in [0.29, 0.717) is 17.7 Å². The van der Waals surface area contributed by atoms with E-state index >= 15 is 0 Å². The summed E-state index contributed by atoms with van der Waals surface area (Å²) in [7, 11) is 0. The number of hydrogen-bond donors (Lipinski definition) is 1. The lowest BCUT2D eigenvalue weighted by atomic mass is 9.97. The smallest absolute Gasteiger partial charge is 0.274 e. The zero-order valence-electron chi connectivity index (χ0n) is 19.7. The Morgan fingerprint density at radius 2 is 2.00 bits per heavy atom. The van der Waals surface area contributed by atoms with Crippen molar-refractivity contribution in [2.45, 2.75) is 63.8 Å². The molecule has 0 bridgehead atoms. The van der Waals surface area contributed by atoms with Crippen LogP contribution in [0.2, 0.25) is 0 Å². The predicted molar refractivity (Wildman–Crippen MR) is 131 cm³/mol. The molecule has 1 atom stereocenters. The fraction of sp³-hybridized carbons (Fsp3) is 0.370. The number of aromatic nitrogens is 5. The quantitative estimate of drug-likeness (QED) is 0.497. The van der Waals surface area contributed by atoms with Crippen molar-refractivity contribution in [2.75, 3.05) is 0 Å². The van der Waals surface area contributed by atoms with Crippen LogP contribution in [-0.4, -0.2) is 30.6 Å². The lowest BCUT2D eigenvalue weighted by Crippen LogP contribution is -2.24. The molecule has 174 valence electrons. The summed E-state index contributed by atoms with van der Waals surface area (Å²) in [4.78, 5) is 21.9. The van der Waals surface area contributed by atoms with Crippen molar-refractivity contribution in [2.24, 2.45) is 0 Å². The van der Waals surface area contributed by atoms with Gasteiger partial charge in [0, 0.05) is 47.2 Å². The maximum atomic E-state index is 13.0. The van der Waals surface area contributed by atoms with Gasteiger partial charge in [-0.3, -0.25) is 14.8 Å². The molecule has 0 aromatic carbocycles. The Labute approximate surface area is 200 Å². The highest BCUT2D eigenvalue weighted by Crippen LogP contribution is 2.39. The molecule has 1 unspecified atom stereocenters. The van der Waals surface area contributed by atoms with E-state index < -0.39 is 0 Å². The molecule has 3 aromatic rings. The number of carbonyl (C=O) groups is 1. The Morgan fingerprint density at radius 1 is 1.15 bits per heavy atom. The maximum Gasteiger partial charge on any atom is 0.274 e. The molecule has 7 nitrogen and oxygen atoms in total. The van der Waals surface area contributed by atoms with E-state index in [2.05, 4.69) is 68.2 Å². The summed E-state index contributed by atoms with van der Waals surface area (Å²) in [5.74, 6) is 1.39. The Kier molecular flexibility index (Phi) is 6.34. The second-order valence-corrected chi connectivity index (χ2v) is 9.06. The van der Waals surface area contributed by atoms with Crippen molar-refractivity contribution in [3.8, 4) is 11.1 Å². The number of nitrogens with one attached hydrogen (secondary N) is 1. The van der Waals surface area contributed by atoms with Crippen molar-refractivity contribution in [3.63, 3.8) is 0 Å². The summed E-state index contributed by atoms with van der Waals surface area (Å²) in [6.07, 6.45) is 16.8. The molecule has 2 aliphatic carbocycles. The number of nitrogens with zero attached hydrogens (tertiary/aromatic N) is 5. The summed E-state index contributed by atoms with van der Waals surface area (Å²) in [6, 6.07) is 8.26. The summed E-state index contributed by atoms with van der Waals surface area (Å²) in [6.45, 7) is 4.36. The van der Waals surface area contributed by atoms with Crippen molar-refractivity contribution in [3.05, 3.63) is 84.1 Å². The van der Waals surface area contributed by atoms with E-state index in [0.717, 1.165) is 47.6 Å². The largest absolute Gasteiger partial charge is 0.321 e. The van der Waals surface area contributed by atoms with Crippen LogP contribution in [0.3, 0.4) is 0 Å². The van der Waals surface area contributed by atoms with E-state index in [1.54, 1.807) is 6.20 Å².